The summed E-state index contributed by atoms with van der Waals surface area (Å²) in [6.07, 6.45) is 8.67. The first-order valence-electron chi connectivity index (χ1n) is 11.9. The average Bonchev–Trinajstić information content (AvgIpc) is 3.49. The Kier molecular flexibility index (Phi) is 10.2. The Morgan fingerprint density at radius 1 is 1.19 bits per heavy atom. The largest absolute Gasteiger partial charge is 0.399 e. The van der Waals surface area contributed by atoms with Gasteiger partial charge in [0.15, 0.2) is 11.5 Å². The van der Waals surface area contributed by atoms with Crippen LogP contribution in [0.2, 0.25) is 0 Å². The lowest BCUT2D eigenvalue weighted by molar-refractivity contribution is -0.119. The molecule has 0 aliphatic carbocycles. The van der Waals surface area contributed by atoms with Gasteiger partial charge in [-0.15, -0.1) is 0 Å². The van der Waals surface area contributed by atoms with Gasteiger partial charge in [0.1, 0.15) is 11.2 Å². The fourth-order valence-corrected chi connectivity index (χ4v) is 3.45. The van der Waals surface area contributed by atoms with E-state index in [1.54, 1.807) is 41.7 Å². The van der Waals surface area contributed by atoms with Gasteiger partial charge in [-0.3, -0.25) is 23.4 Å². The number of aromatic nitrogens is 6. The summed E-state index contributed by atoms with van der Waals surface area (Å²) in [5.41, 5.74) is 7.96. The Bertz CT molecular complexity index is 1380. The van der Waals surface area contributed by atoms with Crippen molar-refractivity contribution in [1.29, 1.82) is 0 Å². The molecule has 0 spiro atoms. The van der Waals surface area contributed by atoms with Crippen LogP contribution in [0.15, 0.2) is 57.9 Å². The number of nitrogens with zero attached hydrogens (tertiary/aromatic N) is 5. The average molecular weight is 497 g/mol. The Morgan fingerprint density at radius 2 is 1.86 bits per heavy atom. The van der Waals surface area contributed by atoms with Crippen molar-refractivity contribution in [3.8, 4) is 11.5 Å². The first-order chi connectivity index (χ1) is 17.2. The van der Waals surface area contributed by atoms with Crippen LogP contribution >= 0.6 is 0 Å². The Balaban J connectivity index is 0.000000302. The lowest BCUT2D eigenvalue weighted by Gasteiger charge is -2.09. The van der Waals surface area contributed by atoms with Crippen molar-refractivity contribution in [1.82, 2.24) is 34.2 Å². The summed E-state index contributed by atoms with van der Waals surface area (Å²) in [6, 6.07) is 1.81. The van der Waals surface area contributed by atoms with Crippen LogP contribution in [0, 0.1) is 0 Å². The molecule has 0 aromatic carbocycles. The molecular formula is C25H36N8O3. The highest BCUT2D eigenvalue weighted by Crippen LogP contribution is 2.17. The molecule has 3 rings (SSSR count). The number of rotatable bonds is 9. The van der Waals surface area contributed by atoms with Crippen LogP contribution in [0.25, 0.3) is 22.7 Å². The van der Waals surface area contributed by atoms with Crippen molar-refractivity contribution in [3.05, 3.63) is 69.2 Å². The summed E-state index contributed by atoms with van der Waals surface area (Å²) in [7, 11) is 3.42. The van der Waals surface area contributed by atoms with Crippen LogP contribution in [-0.4, -0.2) is 41.8 Å². The van der Waals surface area contributed by atoms with Crippen LogP contribution in [-0.2, 0) is 24.9 Å². The Labute approximate surface area is 210 Å². The van der Waals surface area contributed by atoms with E-state index in [9.17, 15) is 14.4 Å². The fraction of sp³-hybridized carbons (Fsp3) is 0.400. The van der Waals surface area contributed by atoms with E-state index in [0.29, 0.717) is 42.2 Å². The van der Waals surface area contributed by atoms with Crippen LogP contribution < -0.4 is 22.3 Å². The number of aromatic amines is 1. The molecule has 0 bridgehead atoms. The number of nitrogens with two attached hydrogens (primary N) is 1. The van der Waals surface area contributed by atoms with E-state index >= 15 is 0 Å². The monoisotopic (exact) mass is 496 g/mol. The quantitative estimate of drug-likeness (QED) is 0.387. The molecule has 1 amide bonds. The van der Waals surface area contributed by atoms with E-state index in [0.717, 1.165) is 24.1 Å². The molecule has 11 heteroatoms. The van der Waals surface area contributed by atoms with Crippen LogP contribution in [0.5, 0.6) is 0 Å². The Morgan fingerprint density at radius 3 is 2.42 bits per heavy atom. The molecule has 0 aliphatic heterocycles. The van der Waals surface area contributed by atoms with E-state index < -0.39 is 0 Å². The molecule has 0 fully saturated rings. The first kappa shape index (κ1) is 28.1. The number of fused-ring (bicyclic) bond motifs is 1. The molecule has 194 valence electrons. The molecule has 0 radical (unpaired) electrons. The molecule has 3 heterocycles. The third kappa shape index (κ3) is 6.71. The van der Waals surface area contributed by atoms with Crippen molar-refractivity contribution >= 4 is 17.1 Å². The molecule has 0 saturated heterocycles. The van der Waals surface area contributed by atoms with Crippen LogP contribution in [0.4, 0.5) is 0 Å². The normalized spacial score (nSPS) is 11.8. The predicted octanol–water partition coefficient (Wildman–Crippen LogP) is 2.20. The maximum atomic E-state index is 12.6. The maximum absolute atomic E-state index is 12.6. The molecule has 3 aromatic heterocycles. The van der Waals surface area contributed by atoms with Crippen molar-refractivity contribution in [2.45, 2.75) is 53.1 Å². The van der Waals surface area contributed by atoms with E-state index in [-0.39, 0.29) is 17.2 Å². The lowest BCUT2D eigenvalue weighted by Crippen LogP contribution is -2.40. The van der Waals surface area contributed by atoms with Gasteiger partial charge in [0.25, 0.3) is 5.56 Å². The maximum Gasteiger partial charge on any atom is 0.332 e. The molecule has 0 aliphatic rings. The standard InChI is InChI=1S/C15H20N6O2.C10H16N2O/c1-4-8-20-13-11(14(22)21(9-5-2)15(20)23)17-12(18-13)10-6-7-16-19(10)3;1-4-9(11)6-5-8(2)7-10(13)12-3/h6-7H,4-5,8-9H2,1-3H3,(H,17,18);4-6H,1,7,11H2,2-3H3,(H,12,13)/b;8-5+,9-6+. The second-order valence-corrected chi connectivity index (χ2v) is 8.25. The van der Waals surface area contributed by atoms with Crippen molar-refractivity contribution in [3.63, 3.8) is 0 Å². The van der Waals surface area contributed by atoms with Crippen LogP contribution in [0.3, 0.4) is 0 Å². The van der Waals surface area contributed by atoms with Gasteiger partial charge in [0.05, 0.1) is 0 Å². The molecular weight excluding hydrogens is 460 g/mol. The zero-order valence-corrected chi connectivity index (χ0v) is 21.7. The predicted molar refractivity (Wildman–Crippen MR) is 142 cm³/mol. The minimum absolute atomic E-state index is 0.000625. The lowest BCUT2D eigenvalue weighted by atomic mass is 10.2. The SMILES string of the molecule is C=C/C(N)=C\C=C(/C)CC(=O)NC.CCCn1c(=O)c2[nH]c(-c3ccnn3C)nc2n(CCC)c1=O. The molecule has 0 atom stereocenters. The number of H-pyrrole nitrogens is 1. The van der Waals surface area contributed by atoms with Gasteiger partial charge in [-0.25, -0.2) is 9.78 Å². The summed E-state index contributed by atoms with van der Waals surface area (Å²) in [6.45, 7) is 10.2. The molecule has 0 saturated carbocycles. The first-order valence-corrected chi connectivity index (χ1v) is 11.9. The number of hydrogen-bond donors (Lipinski definition) is 3. The summed E-state index contributed by atoms with van der Waals surface area (Å²) in [4.78, 5) is 43.7. The van der Waals surface area contributed by atoms with E-state index in [1.165, 1.54) is 4.57 Å². The number of aryl methyl sites for hydroxylation is 2. The Hall–Kier alpha value is -4.15. The fourth-order valence-electron chi connectivity index (χ4n) is 3.45. The van der Waals surface area contributed by atoms with Gasteiger partial charge in [0, 0.05) is 45.5 Å². The van der Waals surface area contributed by atoms with Gasteiger partial charge < -0.3 is 16.0 Å². The minimum atomic E-state index is -0.319. The van der Waals surface area contributed by atoms with Gasteiger partial charge in [-0.05, 0) is 38.0 Å². The summed E-state index contributed by atoms with van der Waals surface area (Å²) >= 11 is 0. The molecule has 4 N–H and O–H groups in total. The highest BCUT2D eigenvalue weighted by Gasteiger charge is 2.18. The third-order valence-electron chi connectivity index (χ3n) is 5.33. The molecule has 11 nitrogen and oxygen atoms in total. The van der Waals surface area contributed by atoms with Gasteiger partial charge in [0.2, 0.25) is 5.91 Å². The number of carbonyl (C=O) groups excluding carboxylic acids is 1. The third-order valence-corrected chi connectivity index (χ3v) is 5.33. The number of amides is 1. The van der Waals surface area contributed by atoms with Gasteiger partial charge >= 0.3 is 5.69 Å². The second kappa shape index (κ2) is 13.1. The molecule has 3 aromatic rings. The van der Waals surface area contributed by atoms with Crippen LogP contribution in [0.1, 0.15) is 40.0 Å². The van der Waals surface area contributed by atoms with Crippen molar-refractivity contribution in [2.24, 2.45) is 12.8 Å². The smallest absolute Gasteiger partial charge is 0.332 e. The molecule has 36 heavy (non-hydrogen) atoms. The van der Waals surface area contributed by atoms with Gasteiger partial charge in [-0.2, -0.15) is 5.10 Å². The number of allylic oxidation sites excluding steroid dienone is 3. The van der Waals surface area contributed by atoms with E-state index in [2.05, 4.69) is 27.0 Å². The number of hydrogen-bond acceptors (Lipinski definition) is 6. The summed E-state index contributed by atoms with van der Waals surface area (Å²) in [5.74, 6) is 0.537. The van der Waals surface area contributed by atoms with Crippen molar-refractivity contribution < 1.29 is 4.79 Å². The zero-order chi connectivity index (χ0) is 26.8. The second-order valence-electron chi connectivity index (χ2n) is 8.25. The van der Waals surface area contributed by atoms with Crippen molar-refractivity contribution in [2.75, 3.05) is 7.05 Å². The number of nitrogens with one attached hydrogen (secondary N) is 2. The topological polar surface area (TPSA) is 146 Å². The zero-order valence-electron chi connectivity index (χ0n) is 21.7. The van der Waals surface area contributed by atoms with Gasteiger partial charge in [-0.1, -0.05) is 32.1 Å². The van der Waals surface area contributed by atoms with E-state index in [4.69, 9.17) is 5.73 Å². The highest BCUT2D eigenvalue weighted by atomic mass is 16.2. The minimum Gasteiger partial charge on any atom is -0.399 e. The summed E-state index contributed by atoms with van der Waals surface area (Å²) < 4.78 is 4.52. The number of carbonyl (C=O) groups is 1. The highest BCUT2D eigenvalue weighted by molar-refractivity contribution is 5.78. The summed E-state index contributed by atoms with van der Waals surface area (Å²) in [5, 5.41) is 6.66. The number of imidazole rings is 1. The molecule has 0 unspecified atom stereocenters. The van der Waals surface area contributed by atoms with E-state index in [1.807, 2.05) is 32.9 Å².